The van der Waals surface area contributed by atoms with Crippen molar-refractivity contribution in [3.63, 3.8) is 0 Å². The van der Waals surface area contributed by atoms with Crippen LogP contribution in [0.2, 0.25) is 10.0 Å². The molecule has 3 rings (SSSR count). The largest absolute Gasteiger partial charge is 0.454 e. The maximum atomic E-state index is 12.2. The molecule has 0 radical (unpaired) electrons. The third-order valence-electron chi connectivity index (χ3n) is 3.03. The first-order chi connectivity index (χ1) is 10.1. The summed E-state index contributed by atoms with van der Waals surface area (Å²) < 4.78 is 10.5. The molecule has 108 valence electrons. The van der Waals surface area contributed by atoms with Crippen molar-refractivity contribution in [1.29, 1.82) is 0 Å². The number of nitrogens with one attached hydrogen (secondary N) is 1. The highest BCUT2D eigenvalue weighted by Crippen LogP contribution is 2.39. The highest BCUT2D eigenvalue weighted by atomic mass is 35.5. The number of halogens is 2. The minimum atomic E-state index is -0.241. The van der Waals surface area contributed by atoms with Crippen LogP contribution in [0, 0.1) is 0 Å². The van der Waals surface area contributed by atoms with E-state index in [0.29, 0.717) is 33.7 Å². The Morgan fingerprint density at radius 1 is 1.19 bits per heavy atom. The van der Waals surface area contributed by atoms with E-state index in [1.807, 2.05) is 12.1 Å². The molecule has 6 heteroatoms. The lowest BCUT2D eigenvalue weighted by atomic mass is 10.1. The first-order valence-electron chi connectivity index (χ1n) is 6.25. The molecule has 0 bridgehead atoms. The number of ether oxygens (including phenoxy) is 2. The number of carbonyl (C=O) groups is 1. The van der Waals surface area contributed by atoms with Crippen molar-refractivity contribution < 1.29 is 14.3 Å². The molecule has 1 N–H and O–H groups in total. The van der Waals surface area contributed by atoms with E-state index in [2.05, 4.69) is 5.32 Å². The second-order valence-corrected chi connectivity index (χ2v) is 5.35. The summed E-state index contributed by atoms with van der Waals surface area (Å²) in [5, 5.41) is 3.80. The fourth-order valence-electron chi connectivity index (χ4n) is 2.03. The number of carbonyl (C=O) groups excluding carboxylic acids is 1. The smallest absolute Gasteiger partial charge is 0.251 e. The zero-order valence-electron chi connectivity index (χ0n) is 10.9. The molecule has 21 heavy (non-hydrogen) atoms. The molecule has 0 aliphatic carbocycles. The molecule has 0 spiro atoms. The summed E-state index contributed by atoms with van der Waals surface area (Å²) in [5.74, 6) is 0.716. The molecule has 0 atom stereocenters. The fraction of sp³-hybridized carbons (Fsp3) is 0.133. The van der Waals surface area contributed by atoms with Gasteiger partial charge in [0.2, 0.25) is 6.79 Å². The summed E-state index contributed by atoms with van der Waals surface area (Å²) >= 11 is 12.0. The second kappa shape index (κ2) is 5.84. The molecule has 0 fully saturated rings. The average molecular weight is 324 g/mol. The molecule has 0 saturated heterocycles. The molecule has 1 aliphatic rings. The van der Waals surface area contributed by atoms with Gasteiger partial charge in [-0.2, -0.15) is 0 Å². The van der Waals surface area contributed by atoms with Crippen molar-refractivity contribution in [1.82, 2.24) is 5.32 Å². The van der Waals surface area contributed by atoms with Gasteiger partial charge < -0.3 is 14.8 Å². The van der Waals surface area contributed by atoms with Gasteiger partial charge in [0, 0.05) is 17.1 Å². The lowest BCUT2D eigenvalue weighted by molar-refractivity contribution is 0.0950. The van der Waals surface area contributed by atoms with E-state index in [4.69, 9.17) is 32.7 Å². The van der Waals surface area contributed by atoms with Crippen LogP contribution < -0.4 is 14.8 Å². The van der Waals surface area contributed by atoms with Crippen molar-refractivity contribution in [2.24, 2.45) is 0 Å². The Bertz CT molecular complexity index is 703. The Morgan fingerprint density at radius 3 is 2.86 bits per heavy atom. The maximum absolute atomic E-state index is 12.2. The van der Waals surface area contributed by atoms with Crippen molar-refractivity contribution in [3.8, 4) is 11.5 Å². The van der Waals surface area contributed by atoms with Crippen LogP contribution in [-0.2, 0) is 6.54 Å². The van der Waals surface area contributed by atoms with Crippen molar-refractivity contribution in [2.45, 2.75) is 6.54 Å². The van der Waals surface area contributed by atoms with Crippen molar-refractivity contribution >= 4 is 29.1 Å². The third-order valence-corrected chi connectivity index (χ3v) is 3.55. The van der Waals surface area contributed by atoms with Crippen LogP contribution in [0.4, 0.5) is 0 Å². The van der Waals surface area contributed by atoms with Gasteiger partial charge >= 0.3 is 0 Å². The number of hydrogen-bond acceptors (Lipinski definition) is 3. The lowest BCUT2D eigenvalue weighted by Crippen LogP contribution is -2.22. The molecule has 2 aromatic rings. The van der Waals surface area contributed by atoms with Gasteiger partial charge in [-0.3, -0.25) is 4.79 Å². The van der Waals surface area contributed by atoms with Crippen LogP contribution in [0.5, 0.6) is 11.5 Å². The summed E-state index contributed by atoms with van der Waals surface area (Å²) in [6, 6.07) is 10.5. The number of fused-ring (bicyclic) bond motifs is 1. The van der Waals surface area contributed by atoms with E-state index in [1.54, 1.807) is 24.3 Å². The molecule has 0 unspecified atom stereocenters. The quantitative estimate of drug-likeness (QED) is 0.937. The lowest BCUT2D eigenvalue weighted by Gasteiger charge is -2.07. The Hall–Kier alpha value is -1.91. The molecule has 1 amide bonds. The summed E-state index contributed by atoms with van der Waals surface area (Å²) in [6.45, 7) is 0.494. The van der Waals surface area contributed by atoms with Gasteiger partial charge in [-0.25, -0.2) is 0 Å². The Morgan fingerprint density at radius 2 is 2.05 bits per heavy atom. The first kappa shape index (κ1) is 14.0. The highest BCUT2D eigenvalue weighted by Gasteiger charge is 2.20. The zero-order valence-corrected chi connectivity index (χ0v) is 12.4. The topological polar surface area (TPSA) is 47.6 Å². The van der Waals surface area contributed by atoms with Gasteiger partial charge in [-0.05, 0) is 29.8 Å². The van der Waals surface area contributed by atoms with E-state index < -0.39 is 0 Å². The van der Waals surface area contributed by atoms with Gasteiger partial charge in [0.25, 0.3) is 5.91 Å². The van der Waals surface area contributed by atoms with Crippen LogP contribution >= 0.6 is 23.2 Å². The van der Waals surface area contributed by atoms with Gasteiger partial charge in [0.1, 0.15) is 0 Å². The predicted octanol–water partition coefficient (Wildman–Crippen LogP) is 3.65. The molecular formula is C15H11Cl2NO3. The molecule has 1 aliphatic heterocycles. The number of hydrogen-bond donors (Lipinski definition) is 1. The van der Waals surface area contributed by atoms with E-state index >= 15 is 0 Å². The van der Waals surface area contributed by atoms with Gasteiger partial charge in [-0.1, -0.05) is 35.3 Å². The average Bonchev–Trinajstić information content (AvgIpc) is 2.94. The molecule has 0 saturated carbocycles. The molecule has 1 heterocycles. The van der Waals surface area contributed by atoms with E-state index in [-0.39, 0.29) is 12.7 Å². The minimum Gasteiger partial charge on any atom is -0.454 e. The van der Waals surface area contributed by atoms with Crippen LogP contribution in [0.15, 0.2) is 36.4 Å². The van der Waals surface area contributed by atoms with Gasteiger partial charge in [0.05, 0.1) is 5.02 Å². The second-order valence-electron chi connectivity index (χ2n) is 4.50. The third kappa shape index (κ3) is 3.06. The zero-order chi connectivity index (χ0) is 14.8. The number of amides is 1. The standard InChI is InChI=1S/C15H11Cl2NO3/c16-11-3-1-2-9(4-11)7-18-15(19)10-5-12(17)14-13(6-10)20-8-21-14/h1-6H,7-8H2,(H,18,19). The molecule has 2 aromatic carbocycles. The highest BCUT2D eigenvalue weighted by molar-refractivity contribution is 6.32. The van der Waals surface area contributed by atoms with Gasteiger partial charge in [-0.15, -0.1) is 0 Å². The summed E-state index contributed by atoms with van der Waals surface area (Å²) in [5.41, 5.74) is 1.34. The van der Waals surface area contributed by atoms with Crippen LogP contribution in [0.1, 0.15) is 15.9 Å². The molecule has 4 nitrogen and oxygen atoms in total. The first-order valence-corrected chi connectivity index (χ1v) is 7.01. The Balaban J connectivity index is 1.73. The van der Waals surface area contributed by atoms with Crippen LogP contribution in [0.25, 0.3) is 0 Å². The summed E-state index contributed by atoms with van der Waals surface area (Å²) in [7, 11) is 0. The van der Waals surface area contributed by atoms with E-state index in [0.717, 1.165) is 5.56 Å². The number of benzene rings is 2. The fourth-order valence-corrected chi connectivity index (χ4v) is 2.51. The van der Waals surface area contributed by atoms with E-state index in [9.17, 15) is 4.79 Å². The molecular weight excluding hydrogens is 313 g/mol. The monoisotopic (exact) mass is 323 g/mol. The van der Waals surface area contributed by atoms with E-state index in [1.165, 1.54) is 0 Å². The Kier molecular flexibility index (Phi) is 3.90. The molecule has 0 aromatic heterocycles. The van der Waals surface area contributed by atoms with Crippen molar-refractivity contribution in [2.75, 3.05) is 6.79 Å². The van der Waals surface area contributed by atoms with Crippen LogP contribution in [0.3, 0.4) is 0 Å². The number of rotatable bonds is 3. The van der Waals surface area contributed by atoms with Crippen molar-refractivity contribution in [3.05, 3.63) is 57.6 Å². The maximum Gasteiger partial charge on any atom is 0.251 e. The SMILES string of the molecule is O=C(NCc1cccc(Cl)c1)c1cc(Cl)c2c(c1)OCO2. The summed E-state index contributed by atoms with van der Waals surface area (Å²) in [6.07, 6.45) is 0. The van der Waals surface area contributed by atoms with Gasteiger partial charge in [0.15, 0.2) is 11.5 Å². The minimum absolute atomic E-state index is 0.114. The summed E-state index contributed by atoms with van der Waals surface area (Å²) in [4.78, 5) is 12.2. The van der Waals surface area contributed by atoms with Crippen LogP contribution in [-0.4, -0.2) is 12.7 Å². The normalized spacial score (nSPS) is 12.3. The predicted molar refractivity (Wildman–Crippen MR) is 80.2 cm³/mol. The Labute approximate surface area is 131 Å².